The number of carboxylic acid groups (broad SMARTS) is 1. The van der Waals surface area contributed by atoms with Crippen LogP contribution in [-0.2, 0) is 16.0 Å². The van der Waals surface area contributed by atoms with Crippen molar-refractivity contribution in [2.45, 2.75) is 25.7 Å². The van der Waals surface area contributed by atoms with Gasteiger partial charge in [-0.05, 0) is 36.5 Å². The third kappa shape index (κ3) is 2.59. The molecule has 2 atom stereocenters. The zero-order valence-electron chi connectivity index (χ0n) is 12.0. The monoisotopic (exact) mass is 341 g/mol. The maximum absolute atomic E-state index is 12.5. The number of likely N-dealkylation sites (tertiary alicyclic amines) is 1. The summed E-state index contributed by atoms with van der Waals surface area (Å²) in [5.41, 5.74) is 0.0636. The highest BCUT2D eigenvalue weighted by molar-refractivity contribution is 6.42. The molecule has 0 aromatic heterocycles. The Labute approximate surface area is 139 Å². The number of halogens is 2. The fraction of sp³-hybridized carbons (Fsp3) is 0.500. The minimum Gasteiger partial charge on any atom is -0.481 e. The molecule has 1 aromatic carbocycles. The zero-order chi connectivity index (χ0) is 15.9. The number of hydrogen-bond acceptors (Lipinski definition) is 2. The molecular weight excluding hydrogens is 325 g/mol. The number of benzene rings is 1. The lowest BCUT2D eigenvalue weighted by Crippen LogP contribution is -2.37. The van der Waals surface area contributed by atoms with E-state index in [1.165, 1.54) is 0 Å². The number of aliphatic carboxylic acids is 1. The van der Waals surface area contributed by atoms with Crippen molar-refractivity contribution in [3.63, 3.8) is 0 Å². The van der Waals surface area contributed by atoms with E-state index >= 15 is 0 Å². The van der Waals surface area contributed by atoms with Gasteiger partial charge >= 0.3 is 5.97 Å². The van der Waals surface area contributed by atoms with Crippen molar-refractivity contribution in [3.8, 4) is 0 Å². The van der Waals surface area contributed by atoms with Crippen LogP contribution in [0.2, 0.25) is 10.0 Å². The molecule has 0 unspecified atom stereocenters. The van der Waals surface area contributed by atoms with Gasteiger partial charge in [0.05, 0.1) is 21.9 Å². The Morgan fingerprint density at radius 2 is 2.09 bits per heavy atom. The number of fused-ring (bicyclic) bond motifs is 1. The van der Waals surface area contributed by atoms with Crippen LogP contribution in [0, 0.1) is 11.3 Å². The quantitative estimate of drug-likeness (QED) is 0.917. The van der Waals surface area contributed by atoms with Gasteiger partial charge in [0, 0.05) is 13.1 Å². The summed E-state index contributed by atoms with van der Waals surface area (Å²) in [4.78, 5) is 25.8. The SMILES string of the molecule is O=C(Cc1ccc(Cl)c(Cl)c1)N1C[C@@H]2CCC[C@@]2(C(=O)O)C1. The number of carbonyl (C=O) groups excluding carboxylic acids is 1. The topological polar surface area (TPSA) is 57.6 Å². The number of amides is 1. The van der Waals surface area contributed by atoms with E-state index in [0.717, 1.165) is 18.4 Å². The Morgan fingerprint density at radius 3 is 2.73 bits per heavy atom. The highest BCUT2D eigenvalue weighted by atomic mass is 35.5. The van der Waals surface area contributed by atoms with E-state index in [0.29, 0.717) is 29.6 Å². The standard InChI is InChI=1S/C16H17Cl2NO3/c17-12-4-3-10(6-13(12)18)7-14(20)19-8-11-2-1-5-16(11,9-19)15(21)22/h3-4,6,11H,1-2,5,7-9H2,(H,21,22)/t11-,16+/m0/s1. The van der Waals surface area contributed by atoms with E-state index in [4.69, 9.17) is 23.2 Å². The highest BCUT2D eigenvalue weighted by Gasteiger charge is 2.55. The van der Waals surface area contributed by atoms with Gasteiger partial charge in [-0.25, -0.2) is 0 Å². The second kappa shape index (κ2) is 5.74. The first-order valence-electron chi connectivity index (χ1n) is 7.37. The average molecular weight is 342 g/mol. The van der Waals surface area contributed by atoms with Gasteiger partial charge in [0.2, 0.25) is 5.91 Å². The normalized spacial score (nSPS) is 27.0. The van der Waals surface area contributed by atoms with E-state index in [9.17, 15) is 14.7 Å². The Bertz CT molecular complexity index is 634. The first-order valence-corrected chi connectivity index (χ1v) is 8.13. The van der Waals surface area contributed by atoms with Gasteiger partial charge in [-0.15, -0.1) is 0 Å². The van der Waals surface area contributed by atoms with Crippen molar-refractivity contribution in [1.82, 2.24) is 4.90 Å². The van der Waals surface area contributed by atoms with Crippen LogP contribution in [0.25, 0.3) is 0 Å². The molecule has 0 bridgehead atoms. The molecule has 1 aliphatic heterocycles. The Morgan fingerprint density at radius 1 is 1.32 bits per heavy atom. The van der Waals surface area contributed by atoms with Crippen LogP contribution in [0.4, 0.5) is 0 Å². The molecule has 1 saturated heterocycles. The van der Waals surface area contributed by atoms with E-state index < -0.39 is 11.4 Å². The van der Waals surface area contributed by atoms with Crippen LogP contribution in [0.3, 0.4) is 0 Å². The van der Waals surface area contributed by atoms with E-state index in [2.05, 4.69) is 0 Å². The van der Waals surface area contributed by atoms with Gasteiger partial charge in [-0.3, -0.25) is 9.59 Å². The highest BCUT2D eigenvalue weighted by Crippen LogP contribution is 2.48. The van der Waals surface area contributed by atoms with Gasteiger partial charge in [-0.1, -0.05) is 35.7 Å². The molecule has 2 fully saturated rings. The summed E-state index contributed by atoms with van der Waals surface area (Å²) in [5, 5.41) is 10.4. The van der Waals surface area contributed by atoms with Crippen molar-refractivity contribution < 1.29 is 14.7 Å². The molecule has 2 aliphatic rings. The Kier molecular flexibility index (Phi) is 4.08. The summed E-state index contributed by atoms with van der Waals surface area (Å²) < 4.78 is 0. The predicted molar refractivity (Wildman–Crippen MR) is 84.2 cm³/mol. The zero-order valence-corrected chi connectivity index (χ0v) is 13.5. The van der Waals surface area contributed by atoms with Crippen LogP contribution in [0.5, 0.6) is 0 Å². The van der Waals surface area contributed by atoms with Gasteiger partial charge in [0.15, 0.2) is 0 Å². The van der Waals surface area contributed by atoms with Crippen molar-refractivity contribution in [3.05, 3.63) is 33.8 Å². The molecule has 1 saturated carbocycles. The molecule has 0 spiro atoms. The minimum atomic E-state index is -0.764. The maximum atomic E-state index is 12.5. The van der Waals surface area contributed by atoms with Gasteiger partial charge in [-0.2, -0.15) is 0 Å². The molecule has 22 heavy (non-hydrogen) atoms. The third-order valence-corrected chi connectivity index (χ3v) is 5.73. The van der Waals surface area contributed by atoms with Crippen molar-refractivity contribution in [2.75, 3.05) is 13.1 Å². The summed E-state index contributed by atoms with van der Waals surface area (Å²) in [6, 6.07) is 5.13. The number of hydrogen-bond donors (Lipinski definition) is 1. The predicted octanol–water partition coefficient (Wildman–Crippen LogP) is 3.25. The van der Waals surface area contributed by atoms with Crippen LogP contribution < -0.4 is 0 Å². The van der Waals surface area contributed by atoms with Crippen molar-refractivity contribution in [1.29, 1.82) is 0 Å². The van der Waals surface area contributed by atoms with Crippen LogP contribution in [0.15, 0.2) is 18.2 Å². The molecule has 1 aliphatic carbocycles. The maximum Gasteiger partial charge on any atom is 0.311 e. The fourth-order valence-corrected chi connectivity index (χ4v) is 4.09. The number of carboxylic acids is 1. The summed E-state index contributed by atoms with van der Waals surface area (Å²) >= 11 is 11.8. The summed E-state index contributed by atoms with van der Waals surface area (Å²) in [6.45, 7) is 0.875. The smallest absolute Gasteiger partial charge is 0.311 e. The number of carbonyl (C=O) groups is 2. The second-order valence-corrected chi connectivity index (χ2v) is 7.06. The van der Waals surface area contributed by atoms with Gasteiger partial charge in [0.25, 0.3) is 0 Å². The molecule has 4 nitrogen and oxygen atoms in total. The third-order valence-electron chi connectivity index (χ3n) is 4.99. The summed E-state index contributed by atoms with van der Waals surface area (Å²) in [5.74, 6) is -0.726. The van der Waals surface area contributed by atoms with E-state index in [1.54, 1.807) is 23.1 Å². The number of rotatable bonds is 3. The van der Waals surface area contributed by atoms with Gasteiger partial charge in [0.1, 0.15) is 0 Å². The lowest BCUT2D eigenvalue weighted by atomic mass is 9.81. The molecular formula is C16H17Cl2NO3. The Hall–Kier alpha value is -1.26. The van der Waals surface area contributed by atoms with E-state index in [1.807, 2.05) is 0 Å². The molecule has 3 rings (SSSR count). The molecule has 6 heteroatoms. The van der Waals surface area contributed by atoms with Gasteiger partial charge < -0.3 is 10.0 Å². The summed E-state index contributed by atoms with van der Waals surface area (Å²) in [7, 11) is 0. The Balaban J connectivity index is 1.71. The molecule has 1 N–H and O–H groups in total. The molecule has 1 aromatic rings. The molecule has 118 valence electrons. The van der Waals surface area contributed by atoms with Crippen LogP contribution in [0.1, 0.15) is 24.8 Å². The minimum absolute atomic E-state index is 0.0478. The summed E-state index contributed by atoms with van der Waals surface area (Å²) in [6.07, 6.45) is 2.72. The lowest BCUT2D eigenvalue weighted by Gasteiger charge is -2.23. The molecule has 1 amide bonds. The van der Waals surface area contributed by atoms with Crippen molar-refractivity contribution in [2.24, 2.45) is 11.3 Å². The van der Waals surface area contributed by atoms with E-state index in [-0.39, 0.29) is 18.2 Å². The largest absolute Gasteiger partial charge is 0.481 e. The molecule has 1 heterocycles. The number of nitrogens with zero attached hydrogens (tertiary/aromatic N) is 1. The fourth-order valence-electron chi connectivity index (χ4n) is 3.76. The first kappa shape index (κ1) is 15.6. The second-order valence-electron chi connectivity index (χ2n) is 6.25. The van der Waals surface area contributed by atoms with Crippen molar-refractivity contribution >= 4 is 35.1 Å². The lowest BCUT2D eigenvalue weighted by molar-refractivity contribution is -0.149. The van der Waals surface area contributed by atoms with Crippen LogP contribution in [-0.4, -0.2) is 35.0 Å². The molecule has 0 radical (unpaired) electrons. The average Bonchev–Trinajstić information content (AvgIpc) is 3.00. The van der Waals surface area contributed by atoms with Crippen LogP contribution >= 0.6 is 23.2 Å². The first-order chi connectivity index (χ1) is 10.4.